The minimum Gasteiger partial charge on any atom is -0.345 e. The highest BCUT2D eigenvalue weighted by molar-refractivity contribution is 6.03. The Morgan fingerprint density at radius 1 is 0.974 bits per heavy atom. The number of amides is 3. The molecule has 2 heterocycles. The third-order valence-corrected chi connectivity index (χ3v) is 6.30. The van der Waals surface area contributed by atoms with Gasteiger partial charge in [0.05, 0.1) is 11.7 Å². The summed E-state index contributed by atoms with van der Waals surface area (Å²) >= 11 is 0. The Balaban J connectivity index is 1.65. The van der Waals surface area contributed by atoms with Crippen LogP contribution in [-0.4, -0.2) is 57.4 Å². The third kappa shape index (κ3) is 6.03. The van der Waals surface area contributed by atoms with Crippen LogP contribution in [0.25, 0.3) is 5.70 Å². The van der Waals surface area contributed by atoms with Gasteiger partial charge in [0, 0.05) is 12.4 Å². The maximum atomic E-state index is 13.9. The first-order chi connectivity index (χ1) is 18.4. The van der Waals surface area contributed by atoms with Crippen molar-refractivity contribution in [2.75, 3.05) is 6.54 Å². The molecule has 0 fully saturated rings. The highest BCUT2D eigenvalue weighted by Gasteiger charge is 2.41. The summed E-state index contributed by atoms with van der Waals surface area (Å²) in [6.45, 7) is 3.40. The van der Waals surface area contributed by atoms with Crippen molar-refractivity contribution in [1.82, 2.24) is 20.1 Å². The van der Waals surface area contributed by atoms with Gasteiger partial charge in [-0.2, -0.15) is 0 Å². The van der Waals surface area contributed by atoms with Gasteiger partial charge in [-0.15, -0.1) is 0 Å². The summed E-state index contributed by atoms with van der Waals surface area (Å²) in [7, 11) is 0. The minimum absolute atomic E-state index is 0.218. The fourth-order valence-corrected chi connectivity index (χ4v) is 4.49. The van der Waals surface area contributed by atoms with Gasteiger partial charge in [0.2, 0.25) is 5.91 Å². The normalized spacial score (nSPS) is 16.1. The van der Waals surface area contributed by atoms with Gasteiger partial charge in [-0.05, 0) is 35.6 Å². The summed E-state index contributed by atoms with van der Waals surface area (Å²) in [5.74, 6) is -1.50. The van der Waals surface area contributed by atoms with Crippen molar-refractivity contribution in [3.63, 3.8) is 0 Å². The molecule has 0 saturated carbocycles. The molecule has 8 heteroatoms. The van der Waals surface area contributed by atoms with Crippen LogP contribution in [0.5, 0.6) is 0 Å². The summed E-state index contributed by atoms with van der Waals surface area (Å²) in [5, 5.41) is 2.74. The number of hydrogen-bond donors (Lipinski definition) is 1. The summed E-state index contributed by atoms with van der Waals surface area (Å²) in [6.07, 6.45) is 4.18. The second-order valence-electron chi connectivity index (χ2n) is 9.42. The van der Waals surface area contributed by atoms with E-state index in [-0.39, 0.29) is 24.1 Å². The van der Waals surface area contributed by atoms with E-state index in [0.717, 1.165) is 5.56 Å². The molecule has 2 atom stereocenters. The molecule has 8 nitrogen and oxygen atoms in total. The molecule has 4 rings (SSSR count). The van der Waals surface area contributed by atoms with Crippen LogP contribution in [0.1, 0.15) is 35.5 Å². The van der Waals surface area contributed by atoms with E-state index in [1.54, 1.807) is 24.4 Å². The van der Waals surface area contributed by atoms with Gasteiger partial charge >= 0.3 is 0 Å². The molecule has 3 amide bonds. The molecule has 1 aliphatic rings. The lowest BCUT2D eigenvalue weighted by atomic mass is 9.96. The second kappa shape index (κ2) is 12.1. The number of pyridine rings is 1. The first kappa shape index (κ1) is 26.5. The molecule has 0 saturated heterocycles. The molecule has 1 unspecified atom stereocenters. The van der Waals surface area contributed by atoms with Gasteiger partial charge in [0.15, 0.2) is 0 Å². The molecule has 38 heavy (non-hydrogen) atoms. The highest BCUT2D eigenvalue weighted by Crippen LogP contribution is 2.30. The van der Waals surface area contributed by atoms with Crippen LogP contribution in [0.2, 0.25) is 0 Å². The zero-order valence-corrected chi connectivity index (χ0v) is 21.4. The Morgan fingerprint density at radius 3 is 2.24 bits per heavy atom. The molecule has 3 aromatic rings. The van der Waals surface area contributed by atoms with Gasteiger partial charge in [0.25, 0.3) is 11.8 Å². The van der Waals surface area contributed by atoms with E-state index in [1.807, 2.05) is 74.5 Å². The Morgan fingerprint density at radius 2 is 1.63 bits per heavy atom. The van der Waals surface area contributed by atoms with E-state index in [9.17, 15) is 19.2 Å². The lowest BCUT2D eigenvalue weighted by Gasteiger charge is -2.41. The molecule has 0 radical (unpaired) electrons. The molecule has 194 valence electrons. The van der Waals surface area contributed by atoms with Gasteiger partial charge in [0.1, 0.15) is 24.6 Å². The number of aldehydes is 1. The lowest BCUT2D eigenvalue weighted by molar-refractivity contribution is -0.138. The predicted molar refractivity (Wildman–Crippen MR) is 143 cm³/mol. The van der Waals surface area contributed by atoms with Gasteiger partial charge in [-0.1, -0.05) is 80.6 Å². The van der Waals surface area contributed by atoms with Gasteiger partial charge in [-0.25, -0.2) is 0 Å². The lowest BCUT2D eigenvalue weighted by Crippen LogP contribution is -2.56. The number of aromatic nitrogens is 1. The number of rotatable bonds is 9. The first-order valence-electron chi connectivity index (χ1n) is 12.5. The summed E-state index contributed by atoms with van der Waals surface area (Å²) < 4.78 is 0. The second-order valence-corrected chi connectivity index (χ2v) is 9.42. The van der Waals surface area contributed by atoms with E-state index in [2.05, 4.69) is 10.3 Å². The van der Waals surface area contributed by atoms with E-state index < -0.39 is 23.9 Å². The smallest absolute Gasteiger partial charge is 0.277 e. The van der Waals surface area contributed by atoms with Crippen molar-refractivity contribution < 1.29 is 19.2 Å². The van der Waals surface area contributed by atoms with E-state index in [4.69, 9.17) is 0 Å². The summed E-state index contributed by atoms with van der Waals surface area (Å²) in [6, 6.07) is 21.9. The third-order valence-electron chi connectivity index (χ3n) is 6.30. The van der Waals surface area contributed by atoms with Crippen LogP contribution < -0.4 is 5.32 Å². The van der Waals surface area contributed by atoms with Gasteiger partial charge in [-0.3, -0.25) is 29.2 Å². The summed E-state index contributed by atoms with van der Waals surface area (Å²) in [5.41, 5.74) is 2.21. The molecule has 0 bridgehead atoms. The molecule has 1 aliphatic heterocycles. The fourth-order valence-electron chi connectivity index (χ4n) is 4.49. The van der Waals surface area contributed by atoms with Crippen LogP contribution in [0.15, 0.2) is 91.3 Å². The number of benzene rings is 2. The van der Waals surface area contributed by atoms with Crippen LogP contribution in [0, 0.1) is 5.92 Å². The van der Waals surface area contributed by atoms with Crippen LogP contribution in [0.4, 0.5) is 0 Å². The SMILES string of the molecule is CC(C)[C@@H]1C(=O)N(CC(=O)NC(C=O)Cc2ccccc2)C(c2ccccc2)=CN1C(=O)c1ccccn1. The Hall–Kier alpha value is -4.59. The number of nitrogens with one attached hydrogen (secondary N) is 1. The Bertz CT molecular complexity index is 1310. The molecule has 1 aromatic heterocycles. The van der Waals surface area contributed by atoms with Crippen molar-refractivity contribution >= 4 is 29.7 Å². The zero-order chi connectivity index (χ0) is 27.1. The van der Waals surface area contributed by atoms with Gasteiger partial charge < -0.3 is 10.1 Å². The van der Waals surface area contributed by atoms with Crippen molar-refractivity contribution in [3.8, 4) is 0 Å². The topological polar surface area (TPSA) is 99.7 Å². The van der Waals surface area contributed by atoms with E-state index >= 15 is 0 Å². The zero-order valence-electron chi connectivity index (χ0n) is 21.4. The Kier molecular flexibility index (Phi) is 8.43. The molecular weight excluding hydrogens is 480 g/mol. The minimum atomic E-state index is -0.837. The van der Waals surface area contributed by atoms with E-state index in [1.165, 1.54) is 16.0 Å². The van der Waals surface area contributed by atoms with Crippen molar-refractivity contribution in [1.29, 1.82) is 0 Å². The van der Waals surface area contributed by atoms with Crippen molar-refractivity contribution in [2.24, 2.45) is 5.92 Å². The summed E-state index contributed by atoms with van der Waals surface area (Å²) in [4.78, 5) is 59.2. The maximum Gasteiger partial charge on any atom is 0.277 e. The number of carbonyl (C=O) groups is 4. The van der Waals surface area contributed by atoms with Crippen molar-refractivity contribution in [3.05, 3.63) is 108 Å². The maximum absolute atomic E-state index is 13.9. The molecule has 0 aliphatic carbocycles. The fraction of sp³-hybridized carbons (Fsp3) is 0.233. The highest BCUT2D eigenvalue weighted by atomic mass is 16.2. The van der Waals surface area contributed by atoms with Crippen LogP contribution >= 0.6 is 0 Å². The largest absolute Gasteiger partial charge is 0.345 e. The average Bonchev–Trinajstić information content (AvgIpc) is 2.94. The number of nitrogens with zero attached hydrogens (tertiary/aromatic N) is 3. The standard InChI is InChI=1S/C30H30N4O4/c1-21(2)28-30(38)33(19-27(36)32-24(20-35)17-22-11-5-3-6-12-22)26(23-13-7-4-8-14-23)18-34(28)29(37)25-15-9-10-16-31-25/h3-16,18,20-21,24,28H,17,19H2,1-2H3,(H,32,36)/t24?,28-/m1/s1. The van der Waals surface area contributed by atoms with Crippen LogP contribution in [0.3, 0.4) is 0 Å². The van der Waals surface area contributed by atoms with Crippen molar-refractivity contribution in [2.45, 2.75) is 32.4 Å². The molecule has 1 N–H and O–H groups in total. The average molecular weight is 511 g/mol. The predicted octanol–water partition coefficient (Wildman–Crippen LogP) is 3.32. The quantitative estimate of drug-likeness (QED) is 0.445. The monoisotopic (exact) mass is 510 g/mol. The molecular formula is C30H30N4O4. The molecule has 0 spiro atoms. The van der Waals surface area contributed by atoms with Crippen LogP contribution in [-0.2, 0) is 20.8 Å². The first-order valence-corrected chi connectivity index (χ1v) is 12.5. The number of carbonyl (C=O) groups excluding carboxylic acids is 4. The molecule has 2 aromatic carbocycles. The number of hydrogen-bond acceptors (Lipinski definition) is 5. The van der Waals surface area contributed by atoms with E-state index in [0.29, 0.717) is 24.0 Å². The Labute approximate surface area is 222 Å².